The second kappa shape index (κ2) is 11.1. The standard InChI is InChI=1S/C26H27Cl2N3O3S/c1-2-34-25(33)20(31-21-13-22(35)26(21)10-4-3-5-11-26)12-16-6-8-17(9-7-16)30-24(32)23-18(27)14-29-15-19(23)28/h6-9,13-15,20,31H,2-5,10-12H2,1H3,(H,30,32)/t20-/m0/s1. The predicted octanol–water partition coefficient (Wildman–Crippen LogP) is 5.92. The third-order valence-corrected chi connectivity index (χ3v) is 7.68. The highest BCUT2D eigenvalue weighted by Gasteiger charge is 2.46. The molecule has 0 aliphatic heterocycles. The van der Waals surface area contributed by atoms with Crippen LogP contribution in [-0.2, 0) is 16.0 Å². The number of hydrogen-bond acceptors (Lipinski definition) is 6. The number of rotatable bonds is 8. The maximum atomic E-state index is 12.8. The fraction of sp³-hybridized carbons (Fsp3) is 0.385. The maximum Gasteiger partial charge on any atom is 0.328 e. The molecule has 0 unspecified atom stereocenters. The Kier molecular flexibility index (Phi) is 8.09. The minimum Gasteiger partial charge on any atom is -0.464 e. The summed E-state index contributed by atoms with van der Waals surface area (Å²) in [6, 6.07) is 6.76. The molecule has 1 spiro atoms. The number of pyridine rings is 1. The minimum absolute atomic E-state index is 0.0953. The van der Waals surface area contributed by atoms with Crippen molar-refractivity contribution in [2.75, 3.05) is 11.9 Å². The number of benzene rings is 1. The Balaban J connectivity index is 1.45. The van der Waals surface area contributed by atoms with Gasteiger partial charge in [0, 0.05) is 40.5 Å². The predicted molar refractivity (Wildman–Crippen MR) is 142 cm³/mol. The highest BCUT2D eigenvalue weighted by atomic mass is 35.5. The smallest absolute Gasteiger partial charge is 0.328 e. The third kappa shape index (κ3) is 5.52. The van der Waals surface area contributed by atoms with Gasteiger partial charge >= 0.3 is 5.97 Å². The van der Waals surface area contributed by atoms with Crippen LogP contribution in [0.1, 0.15) is 54.9 Å². The van der Waals surface area contributed by atoms with Crippen molar-refractivity contribution in [2.45, 2.75) is 51.5 Å². The van der Waals surface area contributed by atoms with Crippen LogP contribution >= 0.6 is 35.4 Å². The van der Waals surface area contributed by atoms with E-state index in [1.807, 2.05) is 18.2 Å². The van der Waals surface area contributed by atoms with Crippen LogP contribution in [0, 0.1) is 5.41 Å². The van der Waals surface area contributed by atoms with Gasteiger partial charge in [-0.25, -0.2) is 4.79 Å². The molecule has 1 amide bonds. The van der Waals surface area contributed by atoms with Gasteiger partial charge in [0.2, 0.25) is 0 Å². The third-order valence-electron chi connectivity index (χ3n) is 6.60. The summed E-state index contributed by atoms with van der Waals surface area (Å²) >= 11 is 17.8. The van der Waals surface area contributed by atoms with E-state index in [9.17, 15) is 9.59 Å². The molecule has 0 radical (unpaired) electrons. The molecule has 6 nitrogen and oxygen atoms in total. The first-order chi connectivity index (χ1) is 16.8. The van der Waals surface area contributed by atoms with Gasteiger partial charge in [-0.2, -0.15) is 0 Å². The van der Waals surface area contributed by atoms with E-state index in [2.05, 4.69) is 15.6 Å². The van der Waals surface area contributed by atoms with Gasteiger partial charge in [-0.3, -0.25) is 9.78 Å². The summed E-state index contributed by atoms with van der Waals surface area (Å²) in [5.41, 5.74) is 2.63. The highest BCUT2D eigenvalue weighted by Crippen LogP contribution is 2.49. The Morgan fingerprint density at radius 3 is 2.37 bits per heavy atom. The van der Waals surface area contributed by atoms with Crippen LogP contribution in [-0.4, -0.2) is 34.4 Å². The van der Waals surface area contributed by atoms with Crippen LogP contribution in [0.25, 0.3) is 0 Å². The van der Waals surface area contributed by atoms with Crippen molar-refractivity contribution >= 4 is 57.8 Å². The molecule has 0 saturated heterocycles. The second-order valence-electron chi connectivity index (χ2n) is 8.85. The van der Waals surface area contributed by atoms with E-state index in [0.717, 1.165) is 41.8 Å². The molecule has 2 N–H and O–H groups in total. The number of thiocarbonyl (C=S) groups is 1. The van der Waals surface area contributed by atoms with Crippen molar-refractivity contribution in [3.63, 3.8) is 0 Å². The number of nitrogens with one attached hydrogen (secondary N) is 2. The summed E-state index contributed by atoms with van der Waals surface area (Å²) in [5.74, 6) is -0.719. The Morgan fingerprint density at radius 2 is 1.77 bits per heavy atom. The van der Waals surface area contributed by atoms with E-state index in [0.29, 0.717) is 18.7 Å². The van der Waals surface area contributed by atoms with E-state index in [1.54, 1.807) is 19.1 Å². The summed E-state index contributed by atoms with van der Waals surface area (Å²) in [6.07, 6.45) is 10.7. The lowest BCUT2D eigenvalue weighted by Gasteiger charge is -2.46. The molecule has 1 heterocycles. The molecule has 0 bridgehead atoms. The number of esters is 1. The molecule has 184 valence electrons. The van der Waals surface area contributed by atoms with Gasteiger partial charge in [0.05, 0.1) is 22.2 Å². The Bertz CT molecular complexity index is 1140. The van der Waals surface area contributed by atoms with Crippen LogP contribution in [0.3, 0.4) is 0 Å². The molecule has 35 heavy (non-hydrogen) atoms. The highest BCUT2D eigenvalue weighted by molar-refractivity contribution is 7.81. The van der Waals surface area contributed by atoms with E-state index < -0.39 is 11.9 Å². The molecule has 1 fully saturated rings. The van der Waals surface area contributed by atoms with Crippen LogP contribution in [0.5, 0.6) is 0 Å². The molecular formula is C26H27Cl2N3O3S. The van der Waals surface area contributed by atoms with E-state index >= 15 is 0 Å². The van der Waals surface area contributed by atoms with Crippen LogP contribution in [0.2, 0.25) is 10.0 Å². The Labute approximate surface area is 220 Å². The molecule has 1 aromatic heterocycles. The first-order valence-electron chi connectivity index (χ1n) is 11.7. The van der Waals surface area contributed by atoms with Crippen molar-refractivity contribution < 1.29 is 14.3 Å². The van der Waals surface area contributed by atoms with Gasteiger partial charge in [0.15, 0.2) is 0 Å². The number of ether oxygens (including phenoxy) is 1. The summed E-state index contributed by atoms with van der Waals surface area (Å²) in [4.78, 5) is 30.2. The zero-order valence-corrected chi connectivity index (χ0v) is 21.7. The molecule has 2 aliphatic rings. The number of aromatic nitrogens is 1. The number of amides is 1. The zero-order chi connectivity index (χ0) is 25.0. The lowest BCUT2D eigenvalue weighted by Crippen LogP contribution is -2.51. The van der Waals surface area contributed by atoms with Gasteiger partial charge in [-0.1, -0.05) is 66.8 Å². The topological polar surface area (TPSA) is 80.3 Å². The molecule has 1 saturated carbocycles. The van der Waals surface area contributed by atoms with Gasteiger partial charge in [-0.05, 0) is 43.5 Å². The van der Waals surface area contributed by atoms with Crippen LogP contribution in [0.15, 0.2) is 48.4 Å². The summed E-state index contributed by atoms with van der Waals surface area (Å²) < 4.78 is 5.35. The Morgan fingerprint density at radius 1 is 1.11 bits per heavy atom. The number of carbonyl (C=O) groups is 2. The van der Waals surface area contributed by atoms with Crippen LogP contribution in [0.4, 0.5) is 5.69 Å². The van der Waals surface area contributed by atoms with Gasteiger partial charge in [-0.15, -0.1) is 0 Å². The Hall–Kier alpha value is -2.48. The monoisotopic (exact) mass is 531 g/mol. The summed E-state index contributed by atoms with van der Waals surface area (Å²) in [5, 5.41) is 6.60. The largest absolute Gasteiger partial charge is 0.464 e. The van der Waals surface area contributed by atoms with Gasteiger partial charge in [0.25, 0.3) is 5.91 Å². The number of carbonyl (C=O) groups excluding carboxylic acids is 2. The second-order valence-corrected chi connectivity index (χ2v) is 10.1. The van der Waals surface area contributed by atoms with Crippen molar-refractivity contribution in [3.8, 4) is 0 Å². The minimum atomic E-state index is -0.530. The SMILES string of the molecule is CCOC(=O)[C@H](Cc1ccc(NC(=O)c2c(Cl)cncc2Cl)cc1)NC1=CC(=S)C12CCCCC2. The molecule has 9 heteroatoms. The van der Waals surface area contributed by atoms with Gasteiger partial charge < -0.3 is 15.4 Å². The summed E-state index contributed by atoms with van der Waals surface area (Å²) in [7, 11) is 0. The number of halogens is 2. The molecular weight excluding hydrogens is 505 g/mol. The first kappa shape index (κ1) is 25.6. The molecule has 4 rings (SSSR count). The van der Waals surface area contributed by atoms with Crippen molar-refractivity contribution in [2.24, 2.45) is 5.41 Å². The number of hydrogen-bond donors (Lipinski definition) is 2. The molecule has 2 aliphatic carbocycles. The molecule has 1 aromatic carbocycles. The van der Waals surface area contributed by atoms with Crippen molar-refractivity contribution in [3.05, 3.63) is 69.6 Å². The van der Waals surface area contributed by atoms with Crippen LogP contribution < -0.4 is 10.6 Å². The van der Waals surface area contributed by atoms with Gasteiger partial charge in [0.1, 0.15) is 6.04 Å². The fourth-order valence-corrected chi connectivity index (χ4v) is 5.69. The normalized spacial score (nSPS) is 17.2. The number of nitrogens with zero attached hydrogens (tertiary/aromatic N) is 1. The van der Waals surface area contributed by atoms with Crippen molar-refractivity contribution in [1.82, 2.24) is 10.3 Å². The average Bonchev–Trinajstić information content (AvgIpc) is 2.85. The lowest BCUT2D eigenvalue weighted by molar-refractivity contribution is -0.145. The van der Waals surface area contributed by atoms with E-state index in [1.165, 1.54) is 18.8 Å². The van der Waals surface area contributed by atoms with E-state index in [4.69, 9.17) is 40.2 Å². The molecule has 1 atom stereocenters. The zero-order valence-electron chi connectivity index (χ0n) is 19.4. The lowest BCUT2D eigenvalue weighted by atomic mass is 9.63. The van der Waals surface area contributed by atoms with Crippen molar-refractivity contribution in [1.29, 1.82) is 0 Å². The van der Waals surface area contributed by atoms with E-state index in [-0.39, 0.29) is 27.0 Å². The fourth-order valence-electron chi connectivity index (χ4n) is 4.72. The maximum absolute atomic E-state index is 12.8. The average molecular weight is 532 g/mol. The molecule has 2 aromatic rings. The summed E-state index contributed by atoms with van der Waals surface area (Å²) in [6.45, 7) is 2.11. The quantitative estimate of drug-likeness (QED) is 0.325. The number of allylic oxidation sites excluding steroid dienone is 2. The first-order valence-corrected chi connectivity index (χ1v) is 12.9. The number of anilines is 1.